The molecule has 0 saturated carbocycles. The van der Waals surface area contributed by atoms with Crippen LogP contribution in [-0.4, -0.2) is 63.6 Å². The van der Waals surface area contributed by atoms with Crippen molar-refractivity contribution in [2.45, 2.75) is 108 Å². The van der Waals surface area contributed by atoms with Crippen molar-refractivity contribution in [3.63, 3.8) is 0 Å². The fourth-order valence-electron chi connectivity index (χ4n) is 3.14. The van der Waals surface area contributed by atoms with E-state index in [-0.39, 0.29) is 12.3 Å². The predicted octanol–water partition coefficient (Wildman–Crippen LogP) is 1.22. The molecule has 0 spiro atoms. The monoisotopic (exact) mass is 423 g/mol. The normalized spacial score (nSPS) is 25.6. The van der Waals surface area contributed by atoms with Gasteiger partial charge in [0.15, 0.2) is 6.23 Å². The smallest absolute Gasteiger partial charge is 0.222 e. The van der Waals surface area contributed by atoms with Crippen molar-refractivity contribution in [3.8, 4) is 23.7 Å². The molecule has 1 rings (SSSR count). The topological polar surface area (TPSA) is 119 Å². The second kappa shape index (κ2) is 16.1. The Labute approximate surface area is 180 Å². The van der Waals surface area contributed by atoms with E-state index < -0.39 is 37.3 Å². The van der Waals surface area contributed by atoms with Gasteiger partial charge in [-0.25, -0.2) is 0 Å². The third-order valence-corrected chi connectivity index (χ3v) is 5.05. The molecule has 0 aliphatic carbocycles. The molecule has 1 amide bonds. The van der Waals surface area contributed by atoms with E-state index in [0.717, 1.165) is 64.2 Å². The van der Waals surface area contributed by atoms with Crippen molar-refractivity contribution < 1.29 is 30.0 Å². The zero-order chi connectivity index (χ0) is 22.2. The molecule has 7 nitrogen and oxygen atoms in total. The largest absolute Gasteiger partial charge is 0.394 e. The van der Waals surface area contributed by atoms with Crippen LogP contribution in [0.25, 0.3) is 0 Å². The maximum atomic E-state index is 12.0. The standard InChI is InChI=1S/C23H37NO6/c1-2-3-4-5-6-7-8-9-10-11-12-13-14-15-16-19(26)24-23-22(29)21(28)20(27)18(17-25)30-23/h18,20-23,25,27-29H,2-4,9-17H2,1H3,(H,24,26)/t18-,20-,21+,22-,23-/m1/s1. The van der Waals surface area contributed by atoms with Gasteiger partial charge in [0.2, 0.25) is 5.91 Å². The highest BCUT2D eigenvalue weighted by atomic mass is 16.6. The third-order valence-electron chi connectivity index (χ3n) is 5.05. The van der Waals surface area contributed by atoms with Crippen molar-refractivity contribution in [1.82, 2.24) is 5.32 Å². The lowest BCUT2D eigenvalue weighted by Crippen LogP contribution is -2.63. The number of amides is 1. The van der Waals surface area contributed by atoms with Crippen LogP contribution < -0.4 is 5.32 Å². The zero-order valence-electron chi connectivity index (χ0n) is 18.0. The minimum absolute atomic E-state index is 0.289. The Hall–Kier alpha value is -1.61. The number of ether oxygens (including phenoxy) is 1. The van der Waals surface area contributed by atoms with E-state index in [1.54, 1.807) is 0 Å². The molecule has 0 radical (unpaired) electrons. The molecule has 1 aliphatic rings. The zero-order valence-corrected chi connectivity index (χ0v) is 18.0. The number of nitrogens with one attached hydrogen (secondary N) is 1. The van der Waals surface area contributed by atoms with Crippen LogP contribution in [0, 0.1) is 23.7 Å². The van der Waals surface area contributed by atoms with Crippen LogP contribution in [-0.2, 0) is 9.53 Å². The number of hydrogen-bond donors (Lipinski definition) is 5. The maximum Gasteiger partial charge on any atom is 0.222 e. The van der Waals surface area contributed by atoms with Crippen molar-refractivity contribution in [2.24, 2.45) is 0 Å². The number of rotatable bonds is 12. The van der Waals surface area contributed by atoms with Crippen LogP contribution in [0.4, 0.5) is 0 Å². The molecule has 0 aromatic heterocycles. The van der Waals surface area contributed by atoms with E-state index in [9.17, 15) is 20.1 Å². The van der Waals surface area contributed by atoms with Crippen molar-refractivity contribution in [1.29, 1.82) is 0 Å². The molecule has 30 heavy (non-hydrogen) atoms. The van der Waals surface area contributed by atoms with E-state index in [2.05, 4.69) is 35.9 Å². The lowest BCUT2D eigenvalue weighted by atomic mass is 9.98. The molecular weight excluding hydrogens is 386 g/mol. The average Bonchev–Trinajstić information content (AvgIpc) is 2.74. The Bertz CT molecular complexity index is 600. The highest BCUT2D eigenvalue weighted by Crippen LogP contribution is 2.20. The van der Waals surface area contributed by atoms with Crippen LogP contribution in [0.5, 0.6) is 0 Å². The van der Waals surface area contributed by atoms with Gasteiger partial charge in [-0.05, 0) is 31.1 Å². The molecule has 0 aromatic carbocycles. The number of unbranched alkanes of at least 4 members (excludes halogenated alkanes) is 8. The van der Waals surface area contributed by atoms with Crippen LogP contribution in [0.1, 0.15) is 77.6 Å². The molecule has 1 saturated heterocycles. The van der Waals surface area contributed by atoms with Gasteiger partial charge in [0, 0.05) is 19.3 Å². The molecule has 0 unspecified atom stereocenters. The van der Waals surface area contributed by atoms with E-state index >= 15 is 0 Å². The van der Waals surface area contributed by atoms with Crippen molar-refractivity contribution in [3.05, 3.63) is 0 Å². The summed E-state index contributed by atoms with van der Waals surface area (Å²) in [6.07, 6.45) is 3.78. The lowest BCUT2D eigenvalue weighted by Gasteiger charge is -2.40. The molecule has 170 valence electrons. The molecule has 0 bridgehead atoms. The minimum Gasteiger partial charge on any atom is -0.394 e. The number of hydrogen-bond acceptors (Lipinski definition) is 6. The number of aliphatic hydroxyl groups excluding tert-OH is 4. The Morgan fingerprint density at radius 2 is 1.47 bits per heavy atom. The molecular formula is C23H37NO6. The van der Waals surface area contributed by atoms with Gasteiger partial charge in [0.25, 0.3) is 0 Å². The highest BCUT2D eigenvalue weighted by Gasteiger charge is 2.43. The fourth-order valence-corrected chi connectivity index (χ4v) is 3.14. The van der Waals surface area contributed by atoms with Crippen LogP contribution >= 0.6 is 0 Å². The Morgan fingerprint density at radius 3 is 2.10 bits per heavy atom. The van der Waals surface area contributed by atoms with Gasteiger partial charge in [-0.1, -0.05) is 50.9 Å². The van der Waals surface area contributed by atoms with Crippen LogP contribution in [0.3, 0.4) is 0 Å². The van der Waals surface area contributed by atoms with Gasteiger partial charge in [-0.15, -0.1) is 0 Å². The average molecular weight is 424 g/mol. The molecule has 1 heterocycles. The van der Waals surface area contributed by atoms with Gasteiger partial charge in [-0.2, -0.15) is 0 Å². The summed E-state index contributed by atoms with van der Waals surface area (Å²) in [6.45, 7) is 1.63. The molecule has 0 aromatic rings. The number of carbonyl (C=O) groups is 1. The summed E-state index contributed by atoms with van der Waals surface area (Å²) in [5, 5.41) is 41.1. The predicted molar refractivity (Wildman–Crippen MR) is 114 cm³/mol. The van der Waals surface area contributed by atoms with Gasteiger partial charge in [0.05, 0.1) is 6.61 Å². The van der Waals surface area contributed by atoms with E-state index in [1.165, 1.54) is 0 Å². The summed E-state index contributed by atoms with van der Waals surface area (Å²) in [6, 6.07) is 0. The quantitative estimate of drug-likeness (QED) is 0.238. The molecule has 1 fully saturated rings. The summed E-state index contributed by atoms with van der Waals surface area (Å²) >= 11 is 0. The first-order valence-corrected chi connectivity index (χ1v) is 11.1. The van der Waals surface area contributed by atoms with Crippen LogP contribution in [0.2, 0.25) is 0 Å². The number of carbonyl (C=O) groups excluding carboxylic acids is 1. The molecule has 5 N–H and O–H groups in total. The summed E-state index contributed by atoms with van der Waals surface area (Å²) < 4.78 is 5.26. The first kappa shape index (κ1) is 26.4. The second-order valence-electron chi connectivity index (χ2n) is 7.65. The van der Waals surface area contributed by atoms with Crippen molar-refractivity contribution >= 4 is 5.91 Å². The Balaban J connectivity index is 2.07. The van der Waals surface area contributed by atoms with Crippen molar-refractivity contribution in [2.75, 3.05) is 6.61 Å². The Kier molecular flexibility index (Phi) is 14.2. The van der Waals surface area contributed by atoms with Crippen LogP contribution in [0.15, 0.2) is 0 Å². The van der Waals surface area contributed by atoms with Gasteiger partial charge in [-0.3, -0.25) is 4.79 Å². The SMILES string of the molecule is CCCCC#CC#CCCCCCCCCC(=O)N[C@@H]1O[C@H](CO)[C@@H](O)[C@H](O)[C@H]1O. The highest BCUT2D eigenvalue weighted by molar-refractivity contribution is 5.76. The number of aliphatic hydroxyl groups is 4. The minimum atomic E-state index is -1.49. The summed E-state index contributed by atoms with van der Waals surface area (Å²) in [5.74, 6) is 11.6. The lowest BCUT2D eigenvalue weighted by molar-refractivity contribution is -0.236. The van der Waals surface area contributed by atoms with Gasteiger partial charge in [0.1, 0.15) is 24.4 Å². The van der Waals surface area contributed by atoms with E-state index in [0.29, 0.717) is 0 Å². The summed E-state index contributed by atoms with van der Waals surface area (Å²) in [4.78, 5) is 12.0. The Morgan fingerprint density at radius 1 is 0.867 bits per heavy atom. The van der Waals surface area contributed by atoms with Gasteiger partial charge < -0.3 is 30.5 Å². The van der Waals surface area contributed by atoms with Gasteiger partial charge >= 0.3 is 0 Å². The third kappa shape index (κ3) is 10.4. The molecule has 5 atom stereocenters. The van der Waals surface area contributed by atoms with E-state index in [1.807, 2.05) is 0 Å². The second-order valence-corrected chi connectivity index (χ2v) is 7.65. The summed E-state index contributed by atoms with van der Waals surface area (Å²) in [7, 11) is 0. The first-order valence-electron chi connectivity index (χ1n) is 11.1. The molecule has 7 heteroatoms. The first-order chi connectivity index (χ1) is 14.5. The van der Waals surface area contributed by atoms with E-state index in [4.69, 9.17) is 9.84 Å². The summed E-state index contributed by atoms with van der Waals surface area (Å²) in [5.41, 5.74) is 0. The molecule has 1 aliphatic heterocycles. The maximum absolute atomic E-state index is 12.0. The fraction of sp³-hybridized carbons (Fsp3) is 0.783.